The summed E-state index contributed by atoms with van der Waals surface area (Å²) in [4.78, 5) is 2.56. The van der Waals surface area contributed by atoms with Gasteiger partial charge >= 0.3 is 0 Å². The van der Waals surface area contributed by atoms with Gasteiger partial charge in [0.25, 0.3) is 0 Å². The van der Waals surface area contributed by atoms with E-state index in [4.69, 9.17) is 14.2 Å². The summed E-state index contributed by atoms with van der Waals surface area (Å²) in [5.74, 6) is 3.15. The second-order valence-corrected chi connectivity index (χ2v) is 9.94. The second-order valence-electron chi connectivity index (χ2n) is 9.94. The average molecular weight is 487 g/mol. The van der Waals surface area contributed by atoms with Crippen LogP contribution in [-0.2, 0) is 6.54 Å². The van der Waals surface area contributed by atoms with Crippen molar-refractivity contribution in [2.45, 2.75) is 50.6 Å². The molecule has 0 bridgehead atoms. The summed E-state index contributed by atoms with van der Waals surface area (Å²) in [6.45, 7) is 2.99. The van der Waals surface area contributed by atoms with E-state index >= 15 is 0 Å². The first-order valence-corrected chi connectivity index (χ1v) is 13.2. The molecule has 5 rings (SSSR count). The standard InChI is InChI=1S/C31H38N2O3/c1-34-28-12-10-26(11-13-28)33(27-14-16-32-17-15-27)21-22-6-4-9-24(18-22)25-19-29(23-7-5-8-23)31(36-3)30(20-25)35-2/h4,6,9-13,18-20,23,27,32H,5,7-8,14-17,21H2,1-3H3. The highest BCUT2D eigenvalue weighted by Gasteiger charge is 2.26. The topological polar surface area (TPSA) is 43.0 Å². The van der Waals surface area contributed by atoms with E-state index in [0.29, 0.717) is 12.0 Å². The van der Waals surface area contributed by atoms with Gasteiger partial charge in [0.05, 0.1) is 21.3 Å². The summed E-state index contributed by atoms with van der Waals surface area (Å²) in [5.41, 5.74) is 6.23. The van der Waals surface area contributed by atoms with Gasteiger partial charge in [-0.25, -0.2) is 0 Å². The number of ether oxygens (including phenoxy) is 3. The third-order valence-corrected chi connectivity index (χ3v) is 7.82. The molecule has 36 heavy (non-hydrogen) atoms. The fourth-order valence-electron chi connectivity index (χ4n) is 5.55. The van der Waals surface area contributed by atoms with Crippen molar-refractivity contribution in [1.82, 2.24) is 5.32 Å². The highest BCUT2D eigenvalue weighted by Crippen LogP contribution is 2.46. The fourth-order valence-corrected chi connectivity index (χ4v) is 5.55. The Labute approximate surface area is 215 Å². The highest BCUT2D eigenvalue weighted by molar-refractivity contribution is 5.70. The summed E-state index contributed by atoms with van der Waals surface area (Å²) >= 11 is 0. The molecule has 5 nitrogen and oxygen atoms in total. The van der Waals surface area contributed by atoms with E-state index in [0.717, 1.165) is 49.7 Å². The maximum atomic E-state index is 5.78. The van der Waals surface area contributed by atoms with E-state index in [1.165, 1.54) is 47.2 Å². The molecule has 3 aromatic rings. The molecule has 2 aliphatic rings. The quantitative estimate of drug-likeness (QED) is 0.379. The van der Waals surface area contributed by atoms with Gasteiger partial charge in [-0.3, -0.25) is 0 Å². The molecule has 1 heterocycles. The first kappa shape index (κ1) is 24.5. The molecule has 5 heteroatoms. The van der Waals surface area contributed by atoms with Gasteiger partial charge in [0.1, 0.15) is 5.75 Å². The van der Waals surface area contributed by atoms with Crippen LogP contribution in [0.25, 0.3) is 11.1 Å². The third-order valence-electron chi connectivity index (χ3n) is 7.82. The van der Waals surface area contributed by atoms with Crippen LogP contribution in [0.3, 0.4) is 0 Å². The van der Waals surface area contributed by atoms with Gasteiger partial charge in [0.15, 0.2) is 11.5 Å². The molecule has 0 radical (unpaired) electrons. The van der Waals surface area contributed by atoms with E-state index < -0.39 is 0 Å². The first-order chi connectivity index (χ1) is 17.7. The van der Waals surface area contributed by atoms with Crippen molar-refractivity contribution >= 4 is 5.69 Å². The number of benzene rings is 3. The zero-order valence-corrected chi connectivity index (χ0v) is 21.8. The Morgan fingerprint density at radius 1 is 0.806 bits per heavy atom. The van der Waals surface area contributed by atoms with Crippen LogP contribution >= 0.6 is 0 Å². The molecule has 1 saturated carbocycles. The van der Waals surface area contributed by atoms with Crippen molar-refractivity contribution in [1.29, 1.82) is 0 Å². The van der Waals surface area contributed by atoms with Gasteiger partial charge in [-0.2, -0.15) is 0 Å². The number of rotatable bonds is 9. The number of nitrogens with one attached hydrogen (secondary N) is 1. The normalized spacial score (nSPS) is 16.3. The minimum absolute atomic E-state index is 0.509. The van der Waals surface area contributed by atoms with Crippen LogP contribution in [0.4, 0.5) is 5.69 Å². The molecule has 1 aliphatic heterocycles. The number of nitrogens with zero attached hydrogens (tertiary/aromatic N) is 1. The molecule has 1 aliphatic carbocycles. The molecule has 0 spiro atoms. The molecule has 0 aromatic heterocycles. The summed E-state index contributed by atoms with van der Waals surface area (Å²) in [6, 6.07) is 22.4. The van der Waals surface area contributed by atoms with E-state index in [9.17, 15) is 0 Å². The molecular weight excluding hydrogens is 448 g/mol. The van der Waals surface area contributed by atoms with Crippen LogP contribution in [0.1, 0.15) is 49.1 Å². The smallest absolute Gasteiger partial charge is 0.164 e. The van der Waals surface area contributed by atoms with E-state index in [1.54, 1.807) is 21.3 Å². The number of methoxy groups -OCH3 is 3. The van der Waals surface area contributed by atoms with Crippen LogP contribution in [-0.4, -0.2) is 40.5 Å². The lowest BCUT2D eigenvalue weighted by Gasteiger charge is -2.36. The highest BCUT2D eigenvalue weighted by atomic mass is 16.5. The van der Waals surface area contributed by atoms with Gasteiger partial charge in [0.2, 0.25) is 0 Å². The average Bonchev–Trinajstić information content (AvgIpc) is 2.91. The van der Waals surface area contributed by atoms with E-state index in [1.807, 2.05) is 0 Å². The predicted octanol–water partition coefficient (Wildman–Crippen LogP) is 6.41. The SMILES string of the molecule is COc1ccc(N(Cc2cccc(-c3cc(OC)c(OC)c(C4CCC4)c3)c2)C2CCNCC2)cc1. The Kier molecular flexibility index (Phi) is 7.66. The van der Waals surface area contributed by atoms with Crippen LogP contribution in [0, 0.1) is 0 Å². The second kappa shape index (κ2) is 11.3. The fraction of sp³-hybridized carbons (Fsp3) is 0.419. The lowest BCUT2D eigenvalue weighted by molar-refractivity contribution is 0.337. The summed E-state index contributed by atoms with van der Waals surface area (Å²) in [7, 11) is 5.19. The largest absolute Gasteiger partial charge is 0.497 e. The molecule has 0 unspecified atom stereocenters. The molecule has 3 aromatic carbocycles. The summed E-state index contributed by atoms with van der Waals surface area (Å²) in [5, 5.41) is 3.51. The zero-order valence-electron chi connectivity index (χ0n) is 21.8. The van der Waals surface area contributed by atoms with Crippen molar-refractivity contribution in [2.24, 2.45) is 0 Å². The minimum Gasteiger partial charge on any atom is -0.497 e. The Morgan fingerprint density at radius 3 is 2.22 bits per heavy atom. The van der Waals surface area contributed by atoms with Gasteiger partial charge in [-0.05, 0) is 104 Å². The molecule has 0 atom stereocenters. The Hall–Kier alpha value is -3.18. The van der Waals surface area contributed by atoms with Crippen molar-refractivity contribution in [3.8, 4) is 28.4 Å². The molecule has 1 saturated heterocycles. The van der Waals surface area contributed by atoms with Gasteiger partial charge in [-0.15, -0.1) is 0 Å². The van der Waals surface area contributed by atoms with Crippen molar-refractivity contribution in [3.05, 3.63) is 71.8 Å². The van der Waals surface area contributed by atoms with E-state index in [-0.39, 0.29) is 0 Å². The third kappa shape index (κ3) is 5.17. The summed E-state index contributed by atoms with van der Waals surface area (Å²) in [6.07, 6.45) is 6.01. The monoisotopic (exact) mass is 486 g/mol. The number of anilines is 1. The molecule has 1 N–H and O–H groups in total. The van der Waals surface area contributed by atoms with Crippen LogP contribution in [0.15, 0.2) is 60.7 Å². The first-order valence-electron chi connectivity index (χ1n) is 13.2. The zero-order chi connectivity index (χ0) is 24.9. The molecule has 190 valence electrons. The van der Waals surface area contributed by atoms with E-state index in [2.05, 4.69) is 70.9 Å². The van der Waals surface area contributed by atoms with Gasteiger partial charge in [-0.1, -0.05) is 24.6 Å². The number of hydrogen-bond donors (Lipinski definition) is 1. The molecule has 0 amide bonds. The lowest BCUT2D eigenvalue weighted by Crippen LogP contribution is -2.43. The number of piperidine rings is 1. The van der Waals surface area contributed by atoms with Crippen LogP contribution < -0.4 is 24.4 Å². The minimum atomic E-state index is 0.509. The number of hydrogen-bond acceptors (Lipinski definition) is 5. The van der Waals surface area contributed by atoms with Crippen molar-refractivity contribution in [2.75, 3.05) is 39.3 Å². The Balaban J connectivity index is 1.46. The van der Waals surface area contributed by atoms with Gasteiger partial charge < -0.3 is 24.4 Å². The van der Waals surface area contributed by atoms with Crippen molar-refractivity contribution in [3.63, 3.8) is 0 Å². The van der Waals surface area contributed by atoms with Gasteiger partial charge in [0, 0.05) is 23.8 Å². The lowest BCUT2D eigenvalue weighted by atomic mass is 9.78. The maximum Gasteiger partial charge on any atom is 0.164 e. The predicted molar refractivity (Wildman–Crippen MR) is 147 cm³/mol. The Bertz CT molecular complexity index is 1150. The van der Waals surface area contributed by atoms with Crippen LogP contribution in [0.2, 0.25) is 0 Å². The molecular formula is C31H38N2O3. The van der Waals surface area contributed by atoms with Crippen molar-refractivity contribution < 1.29 is 14.2 Å². The van der Waals surface area contributed by atoms with Crippen LogP contribution in [0.5, 0.6) is 17.2 Å². The maximum absolute atomic E-state index is 5.78. The molecule has 2 fully saturated rings. The Morgan fingerprint density at radius 2 is 1.58 bits per heavy atom. The summed E-state index contributed by atoms with van der Waals surface area (Å²) < 4.78 is 16.9.